The number of hydrogen-bond donors (Lipinski definition) is 1. The summed E-state index contributed by atoms with van der Waals surface area (Å²) in [6.45, 7) is 1.37. The molecule has 0 fully saturated rings. The lowest BCUT2D eigenvalue weighted by Crippen LogP contribution is -2.20. The fraction of sp³-hybridized carbons (Fsp3) is 0.182. The summed E-state index contributed by atoms with van der Waals surface area (Å²) in [5.74, 6) is -1.20. The van der Waals surface area contributed by atoms with Gasteiger partial charge in [0.05, 0.1) is 4.92 Å². The predicted octanol–water partition coefficient (Wildman–Crippen LogP) is 2.22. The number of aryl methyl sites for hydroxylation is 1. The number of esters is 1. The van der Waals surface area contributed by atoms with Gasteiger partial charge in [-0.15, -0.1) is 11.3 Å². The molecule has 0 aliphatic rings. The second-order valence-electron chi connectivity index (χ2n) is 3.80. The number of nitrogens with zero attached hydrogens (tertiary/aromatic N) is 2. The monoisotopic (exact) mass is 327 g/mol. The number of aromatic nitrogens is 1. The van der Waals surface area contributed by atoms with E-state index in [1.54, 1.807) is 12.1 Å². The van der Waals surface area contributed by atoms with Crippen LogP contribution in [0.1, 0.15) is 14.5 Å². The predicted molar refractivity (Wildman–Crippen MR) is 76.7 cm³/mol. The molecule has 110 valence electrons. The van der Waals surface area contributed by atoms with Crippen LogP contribution < -0.4 is 5.32 Å². The number of anilines is 1. The topological polar surface area (TPSA) is 111 Å². The summed E-state index contributed by atoms with van der Waals surface area (Å²) < 4.78 is 4.83. The molecule has 0 spiro atoms. The highest BCUT2D eigenvalue weighted by Gasteiger charge is 2.15. The number of nitro groups is 1. The maximum Gasteiger partial charge on any atom is 0.348 e. The third kappa shape index (κ3) is 4.07. The number of nitrogens with one attached hydrogen (secondary N) is 1. The number of thiazole rings is 1. The Morgan fingerprint density at radius 1 is 1.43 bits per heavy atom. The van der Waals surface area contributed by atoms with Crippen LogP contribution >= 0.6 is 22.7 Å². The third-order valence-corrected chi connectivity index (χ3v) is 4.04. The second kappa shape index (κ2) is 6.41. The van der Waals surface area contributed by atoms with E-state index in [0.29, 0.717) is 4.88 Å². The van der Waals surface area contributed by atoms with Crippen LogP contribution in [0, 0.1) is 17.0 Å². The van der Waals surface area contributed by atoms with Crippen molar-refractivity contribution in [3.8, 4) is 0 Å². The van der Waals surface area contributed by atoms with Gasteiger partial charge in [-0.25, -0.2) is 9.78 Å². The van der Waals surface area contributed by atoms with Crippen LogP contribution in [0.15, 0.2) is 18.3 Å². The van der Waals surface area contributed by atoms with E-state index in [-0.39, 0.29) is 10.1 Å². The van der Waals surface area contributed by atoms with E-state index in [4.69, 9.17) is 4.74 Å². The Hall–Kier alpha value is -2.33. The van der Waals surface area contributed by atoms with Crippen LogP contribution in [0.25, 0.3) is 0 Å². The minimum absolute atomic E-state index is 0.0784. The van der Waals surface area contributed by atoms with E-state index in [1.165, 1.54) is 11.3 Å². The summed E-state index contributed by atoms with van der Waals surface area (Å²) in [7, 11) is 0. The van der Waals surface area contributed by atoms with Gasteiger partial charge in [0.25, 0.3) is 5.91 Å². The molecule has 0 aliphatic heterocycles. The van der Waals surface area contributed by atoms with E-state index in [0.717, 1.165) is 22.4 Å². The van der Waals surface area contributed by atoms with Crippen molar-refractivity contribution in [2.45, 2.75) is 6.92 Å². The zero-order chi connectivity index (χ0) is 15.4. The van der Waals surface area contributed by atoms with Crippen LogP contribution in [0.2, 0.25) is 0 Å². The van der Waals surface area contributed by atoms with Crippen molar-refractivity contribution in [1.29, 1.82) is 0 Å². The fourth-order valence-electron chi connectivity index (χ4n) is 1.31. The Kier molecular flexibility index (Phi) is 4.60. The summed E-state index contributed by atoms with van der Waals surface area (Å²) in [6, 6.07) is 3.39. The van der Waals surface area contributed by atoms with Crippen molar-refractivity contribution >= 4 is 44.7 Å². The van der Waals surface area contributed by atoms with Gasteiger partial charge in [0.1, 0.15) is 11.1 Å². The summed E-state index contributed by atoms with van der Waals surface area (Å²) in [6.07, 6.45) is 1.04. The quantitative estimate of drug-likeness (QED) is 0.512. The van der Waals surface area contributed by atoms with Crippen molar-refractivity contribution in [2.75, 3.05) is 11.9 Å². The number of carbonyl (C=O) groups is 2. The van der Waals surface area contributed by atoms with Gasteiger partial charge < -0.3 is 4.74 Å². The number of carbonyl (C=O) groups excluding carboxylic acids is 2. The number of rotatable bonds is 5. The zero-order valence-corrected chi connectivity index (χ0v) is 12.3. The number of ether oxygens (including phenoxy) is 1. The van der Waals surface area contributed by atoms with Crippen molar-refractivity contribution in [3.05, 3.63) is 38.2 Å². The van der Waals surface area contributed by atoms with Gasteiger partial charge in [-0.1, -0.05) is 0 Å². The molecule has 0 unspecified atom stereocenters. The maximum absolute atomic E-state index is 11.6. The lowest BCUT2D eigenvalue weighted by atomic mass is 10.4. The summed E-state index contributed by atoms with van der Waals surface area (Å²) in [5, 5.41) is 12.7. The smallest absolute Gasteiger partial charge is 0.348 e. The van der Waals surface area contributed by atoms with E-state index in [2.05, 4.69) is 10.3 Å². The number of hydrogen-bond acceptors (Lipinski definition) is 8. The molecule has 0 saturated heterocycles. The highest BCUT2D eigenvalue weighted by atomic mass is 32.1. The lowest BCUT2D eigenvalue weighted by Gasteiger charge is -2.02. The molecule has 0 aliphatic carbocycles. The fourth-order valence-corrected chi connectivity index (χ4v) is 2.72. The first-order valence-electron chi connectivity index (χ1n) is 5.59. The van der Waals surface area contributed by atoms with Crippen molar-refractivity contribution in [3.63, 3.8) is 0 Å². The molecule has 0 saturated carbocycles. The van der Waals surface area contributed by atoms with Crippen LogP contribution in [0.5, 0.6) is 0 Å². The van der Waals surface area contributed by atoms with Gasteiger partial charge in [0.2, 0.25) is 0 Å². The summed E-state index contributed by atoms with van der Waals surface area (Å²) >= 11 is 1.99. The average molecular weight is 327 g/mol. The van der Waals surface area contributed by atoms with Crippen LogP contribution in [-0.4, -0.2) is 28.4 Å². The average Bonchev–Trinajstić information content (AvgIpc) is 3.05. The third-order valence-electron chi connectivity index (χ3n) is 2.20. The van der Waals surface area contributed by atoms with Gasteiger partial charge in [0, 0.05) is 4.88 Å². The first-order valence-corrected chi connectivity index (χ1v) is 7.22. The molecule has 1 N–H and O–H groups in total. The molecule has 0 radical (unpaired) electrons. The van der Waals surface area contributed by atoms with Crippen LogP contribution in [0.3, 0.4) is 0 Å². The molecule has 10 heteroatoms. The van der Waals surface area contributed by atoms with Gasteiger partial charge in [-0.2, -0.15) is 0 Å². The lowest BCUT2D eigenvalue weighted by molar-refractivity contribution is -0.380. The van der Waals surface area contributed by atoms with Gasteiger partial charge in [-0.05, 0) is 30.4 Å². The molecular weight excluding hydrogens is 318 g/mol. The Bertz CT molecular complexity index is 694. The molecule has 1 amide bonds. The largest absolute Gasteiger partial charge is 0.451 e. The molecule has 2 rings (SSSR count). The Morgan fingerprint density at radius 3 is 2.76 bits per heavy atom. The molecule has 21 heavy (non-hydrogen) atoms. The van der Waals surface area contributed by atoms with Crippen molar-refractivity contribution < 1.29 is 19.2 Å². The number of amides is 1. The minimum Gasteiger partial charge on any atom is -0.451 e. The van der Waals surface area contributed by atoms with Crippen LogP contribution in [-0.2, 0) is 9.53 Å². The van der Waals surface area contributed by atoms with Gasteiger partial charge in [-0.3, -0.25) is 20.2 Å². The molecule has 2 heterocycles. The molecule has 2 aromatic heterocycles. The Labute approximate surface area is 126 Å². The molecule has 2 aromatic rings. The first kappa shape index (κ1) is 15.1. The van der Waals surface area contributed by atoms with Crippen molar-refractivity contribution in [1.82, 2.24) is 4.98 Å². The van der Waals surface area contributed by atoms with Gasteiger partial charge >= 0.3 is 11.0 Å². The number of thiophene rings is 1. The molecule has 0 atom stereocenters. The highest BCUT2D eigenvalue weighted by molar-refractivity contribution is 7.18. The van der Waals surface area contributed by atoms with E-state index in [1.807, 2.05) is 6.92 Å². The molecule has 8 nitrogen and oxygen atoms in total. The highest BCUT2D eigenvalue weighted by Crippen LogP contribution is 2.24. The minimum atomic E-state index is -0.610. The van der Waals surface area contributed by atoms with E-state index < -0.39 is 23.4 Å². The Morgan fingerprint density at radius 2 is 2.19 bits per heavy atom. The molecule has 0 aromatic carbocycles. The zero-order valence-electron chi connectivity index (χ0n) is 10.7. The molecular formula is C11H9N3O5S2. The van der Waals surface area contributed by atoms with Crippen LogP contribution in [0.4, 0.5) is 10.1 Å². The van der Waals surface area contributed by atoms with Crippen molar-refractivity contribution in [2.24, 2.45) is 0 Å². The summed E-state index contributed by atoms with van der Waals surface area (Å²) in [5.41, 5.74) is 0. The van der Waals surface area contributed by atoms with E-state index >= 15 is 0 Å². The summed E-state index contributed by atoms with van der Waals surface area (Å²) in [4.78, 5) is 38.1. The SMILES string of the molecule is Cc1ccc(C(=O)OCC(=O)Nc2ncc([N+](=O)[O-])s2)s1. The maximum atomic E-state index is 11.6. The normalized spacial score (nSPS) is 10.1. The van der Waals surface area contributed by atoms with Gasteiger partial charge in [0.15, 0.2) is 11.7 Å². The Balaban J connectivity index is 1.84. The van der Waals surface area contributed by atoms with E-state index in [9.17, 15) is 19.7 Å². The molecule has 0 bridgehead atoms. The second-order valence-corrected chi connectivity index (χ2v) is 6.09. The first-order chi connectivity index (χ1) is 9.95. The standard InChI is InChI=1S/C11H9N3O5S2/c1-6-2-3-7(20-6)10(16)19-5-8(15)13-11-12-4-9(21-11)14(17)18/h2-4H,5H2,1H3,(H,12,13,15).